The zero-order valence-electron chi connectivity index (χ0n) is 11.0. The van der Waals surface area contributed by atoms with Gasteiger partial charge in [-0.25, -0.2) is 17.9 Å². The lowest BCUT2D eigenvalue weighted by Gasteiger charge is -2.09. The standard InChI is InChI=1S/C11H12ClFN4O3S/c1-20-5-4-17-10(15-16-11(17)21(14,18)19)7-2-3-8(12)9(13)6-7/h2-3,6H,4-5H2,1H3,(H2,14,18,19). The molecule has 0 aliphatic carbocycles. The summed E-state index contributed by atoms with van der Waals surface area (Å²) in [6.07, 6.45) is 0. The van der Waals surface area contributed by atoms with Crippen molar-refractivity contribution < 1.29 is 17.5 Å². The van der Waals surface area contributed by atoms with E-state index in [1.807, 2.05) is 0 Å². The third-order valence-electron chi connectivity index (χ3n) is 2.67. The van der Waals surface area contributed by atoms with Crippen molar-refractivity contribution in [1.82, 2.24) is 14.8 Å². The van der Waals surface area contributed by atoms with Gasteiger partial charge in [0.15, 0.2) is 5.82 Å². The van der Waals surface area contributed by atoms with Crippen LogP contribution in [0.1, 0.15) is 0 Å². The van der Waals surface area contributed by atoms with Crippen LogP contribution in [0.2, 0.25) is 5.02 Å². The highest BCUT2D eigenvalue weighted by molar-refractivity contribution is 7.89. The number of benzene rings is 1. The summed E-state index contributed by atoms with van der Waals surface area (Å²) in [7, 11) is -2.59. The largest absolute Gasteiger partial charge is 0.383 e. The monoisotopic (exact) mass is 334 g/mol. The van der Waals surface area contributed by atoms with Gasteiger partial charge < -0.3 is 4.74 Å². The fourth-order valence-electron chi connectivity index (χ4n) is 1.73. The highest BCUT2D eigenvalue weighted by atomic mass is 35.5. The van der Waals surface area contributed by atoms with Crippen molar-refractivity contribution in [2.24, 2.45) is 5.14 Å². The van der Waals surface area contributed by atoms with E-state index in [1.165, 1.54) is 23.8 Å². The number of primary sulfonamides is 1. The molecule has 0 amide bonds. The van der Waals surface area contributed by atoms with Crippen molar-refractivity contribution in [3.05, 3.63) is 29.0 Å². The van der Waals surface area contributed by atoms with E-state index in [2.05, 4.69) is 10.2 Å². The van der Waals surface area contributed by atoms with Gasteiger partial charge in [0.2, 0.25) is 0 Å². The van der Waals surface area contributed by atoms with E-state index < -0.39 is 21.0 Å². The molecule has 0 unspecified atom stereocenters. The fraction of sp³-hybridized carbons (Fsp3) is 0.273. The third-order valence-corrected chi connectivity index (χ3v) is 3.79. The van der Waals surface area contributed by atoms with Crippen LogP contribution >= 0.6 is 11.6 Å². The highest BCUT2D eigenvalue weighted by Gasteiger charge is 2.22. The van der Waals surface area contributed by atoms with Crippen LogP contribution in [0.5, 0.6) is 0 Å². The molecule has 1 aromatic heterocycles. The van der Waals surface area contributed by atoms with E-state index in [9.17, 15) is 12.8 Å². The number of ether oxygens (including phenoxy) is 1. The molecular weight excluding hydrogens is 323 g/mol. The average molecular weight is 335 g/mol. The lowest BCUT2D eigenvalue weighted by molar-refractivity contribution is 0.185. The van der Waals surface area contributed by atoms with Crippen molar-refractivity contribution in [1.29, 1.82) is 0 Å². The molecule has 0 spiro atoms. The molecule has 0 bridgehead atoms. The quantitative estimate of drug-likeness (QED) is 0.880. The molecule has 2 rings (SSSR count). The maximum atomic E-state index is 13.5. The van der Waals surface area contributed by atoms with Gasteiger partial charge in [0, 0.05) is 12.7 Å². The third kappa shape index (κ3) is 3.38. The minimum absolute atomic E-state index is 0.0478. The Balaban J connectivity index is 2.57. The first-order chi connectivity index (χ1) is 9.84. The summed E-state index contributed by atoms with van der Waals surface area (Å²) in [5, 5.41) is 12.0. The van der Waals surface area contributed by atoms with E-state index in [4.69, 9.17) is 21.5 Å². The molecule has 21 heavy (non-hydrogen) atoms. The lowest BCUT2D eigenvalue weighted by Crippen LogP contribution is -2.20. The van der Waals surface area contributed by atoms with E-state index in [1.54, 1.807) is 0 Å². The summed E-state index contributed by atoms with van der Waals surface area (Å²) in [4.78, 5) is 0. The Morgan fingerprint density at radius 1 is 1.43 bits per heavy atom. The van der Waals surface area contributed by atoms with Gasteiger partial charge in [-0.05, 0) is 18.2 Å². The maximum absolute atomic E-state index is 13.5. The molecule has 0 aliphatic rings. The predicted octanol–water partition coefficient (Wildman–Crippen LogP) is 1.03. The number of hydrogen-bond acceptors (Lipinski definition) is 5. The van der Waals surface area contributed by atoms with Crippen molar-refractivity contribution in [2.45, 2.75) is 11.7 Å². The first-order valence-corrected chi connectivity index (χ1v) is 7.67. The Hall–Kier alpha value is -1.55. The Labute approximate surface area is 125 Å². The SMILES string of the molecule is COCCn1c(-c2ccc(Cl)c(F)c2)nnc1S(N)(=O)=O. The molecule has 0 saturated heterocycles. The molecule has 1 heterocycles. The van der Waals surface area contributed by atoms with E-state index >= 15 is 0 Å². The van der Waals surface area contributed by atoms with Gasteiger partial charge in [-0.1, -0.05) is 11.6 Å². The summed E-state index contributed by atoms with van der Waals surface area (Å²) < 4.78 is 42.7. The minimum Gasteiger partial charge on any atom is -0.383 e. The predicted molar refractivity (Wildman–Crippen MR) is 73.7 cm³/mol. The molecule has 1 aromatic carbocycles. The van der Waals surface area contributed by atoms with Gasteiger partial charge in [0.25, 0.3) is 15.2 Å². The van der Waals surface area contributed by atoms with Crippen molar-refractivity contribution in [3.63, 3.8) is 0 Å². The summed E-state index contributed by atoms with van der Waals surface area (Å²) in [6, 6.07) is 3.99. The van der Waals surface area contributed by atoms with E-state index in [0.717, 1.165) is 6.07 Å². The number of halogens is 2. The number of methoxy groups -OCH3 is 1. The van der Waals surface area contributed by atoms with Crippen LogP contribution in [-0.2, 0) is 21.3 Å². The van der Waals surface area contributed by atoms with Crippen LogP contribution < -0.4 is 5.14 Å². The summed E-state index contributed by atoms with van der Waals surface area (Å²) in [5.41, 5.74) is 0.329. The topological polar surface area (TPSA) is 100 Å². The lowest BCUT2D eigenvalue weighted by atomic mass is 10.2. The maximum Gasteiger partial charge on any atom is 0.273 e. The normalized spacial score (nSPS) is 11.8. The molecule has 0 saturated carbocycles. The number of sulfonamides is 1. The van der Waals surface area contributed by atoms with E-state index in [0.29, 0.717) is 5.56 Å². The number of nitrogens with zero attached hydrogens (tertiary/aromatic N) is 3. The van der Waals surface area contributed by atoms with Crippen LogP contribution in [0, 0.1) is 5.82 Å². The number of aromatic nitrogens is 3. The first kappa shape index (κ1) is 15.8. The average Bonchev–Trinajstić information content (AvgIpc) is 2.83. The zero-order chi connectivity index (χ0) is 15.6. The number of nitrogens with two attached hydrogens (primary N) is 1. The Morgan fingerprint density at radius 3 is 2.71 bits per heavy atom. The molecule has 0 radical (unpaired) electrons. The van der Waals surface area contributed by atoms with Gasteiger partial charge in [0.05, 0.1) is 18.2 Å². The zero-order valence-corrected chi connectivity index (χ0v) is 12.5. The van der Waals surface area contributed by atoms with Gasteiger partial charge in [-0.2, -0.15) is 0 Å². The summed E-state index contributed by atoms with van der Waals surface area (Å²) in [5.74, 6) is -0.487. The fourth-order valence-corrected chi connectivity index (χ4v) is 2.49. The second kappa shape index (κ2) is 6.06. The Bertz CT molecular complexity index is 763. The minimum atomic E-state index is -4.06. The Morgan fingerprint density at radius 2 is 2.14 bits per heavy atom. The molecule has 0 fully saturated rings. The van der Waals surface area contributed by atoms with E-state index in [-0.39, 0.29) is 24.0 Å². The molecule has 0 aliphatic heterocycles. The molecule has 114 valence electrons. The van der Waals surface area contributed by atoms with Crippen LogP contribution in [0.15, 0.2) is 23.4 Å². The van der Waals surface area contributed by atoms with Crippen LogP contribution in [-0.4, -0.2) is 36.9 Å². The molecule has 7 nitrogen and oxygen atoms in total. The smallest absolute Gasteiger partial charge is 0.273 e. The number of rotatable bonds is 5. The molecule has 2 aromatic rings. The van der Waals surface area contributed by atoms with Gasteiger partial charge in [0.1, 0.15) is 5.82 Å². The van der Waals surface area contributed by atoms with Crippen LogP contribution in [0.3, 0.4) is 0 Å². The molecule has 2 N–H and O–H groups in total. The number of hydrogen-bond donors (Lipinski definition) is 1. The second-order valence-corrected chi connectivity index (χ2v) is 5.99. The van der Waals surface area contributed by atoms with Crippen molar-refractivity contribution in [3.8, 4) is 11.4 Å². The highest BCUT2D eigenvalue weighted by Crippen LogP contribution is 2.24. The molecule has 10 heteroatoms. The van der Waals surface area contributed by atoms with Crippen LogP contribution in [0.25, 0.3) is 11.4 Å². The van der Waals surface area contributed by atoms with Crippen LogP contribution in [0.4, 0.5) is 4.39 Å². The molecular formula is C11H12ClFN4O3S. The summed E-state index contributed by atoms with van der Waals surface area (Å²) in [6.45, 7) is 0.360. The van der Waals surface area contributed by atoms with Gasteiger partial charge >= 0.3 is 0 Å². The van der Waals surface area contributed by atoms with Crippen molar-refractivity contribution in [2.75, 3.05) is 13.7 Å². The first-order valence-electron chi connectivity index (χ1n) is 5.75. The van der Waals surface area contributed by atoms with Gasteiger partial charge in [-0.3, -0.25) is 4.57 Å². The van der Waals surface area contributed by atoms with Crippen molar-refractivity contribution >= 4 is 21.6 Å². The molecule has 0 atom stereocenters. The Kier molecular flexibility index (Phi) is 4.57. The summed E-state index contributed by atoms with van der Waals surface area (Å²) >= 11 is 5.62. The second-order valence-electron chi connectivity index (χ2n) is 4.12. The van der Waals surface area contributed by atoms with Gasteiger partial charge in [-0.15, -0.1) is 10.2 Å².